The van der Waals surface area contributed by atoms with Crippen LogP contribution in [0.25, 0.3) is 0 Å². The average Bonchev–Trinajstić information content (AvgIpc) is 2.97. The largest absolute Gasteiger partial charge is 0.444 e. The molecular formula is C29H44N8O6. The molecule has 236 valence electrons. The average molecular weight is 601 g/mol. The Labute approximate surface area is 252 Å². The molecule has 0 bridgehead atoms. The Morgan fingerprint density at radius 2 is 1.26 bits per heavy atom. The summed E-state index contributed by atoms with van der Waals surface area (Å²) in [6.07, 6.45) is -0.708. The van der Waals surface area contributed by atoms with Crippen LogP contribution in [0.2, 0.25) is 0 Å². The van der Waals surface area contributed by atoms with Crippen LogP contribution in [0.1, 0.15) is 34.6 Å². The maximum atomic E-state index is 11.9. The van der Waals surface area contributed by atoms with Gasteiger partial charge in [0.25, 0.3) is 11.4 Å². The predicted molar refractivity (Wildman–Crippen MR) is 169 cm³/mol. The second-order valence-corrected chi connectivity index (χ2v) is 11.4. The molecule has 2 fully saturated rings. The lowest BCUT2D eigenvalue weighted by atomic mass is 10.2. The maximum absolute atomic E-state index is 11.9. The lowest BCUT2D eigenvalue weighted by Crippen LogP contribution is -2.46. The van der Waals surface area contributed by atoms with Crippen LogP contribution in [0.4, 0.5) is 38.9 Å². The number of carbonyl (C=O) groups excluding carboxylic acids is 1. The van der Waals surface area contributed by atoms with Crippen LogP contribution in [0.15, 0.2) is 36.4 Å². The van der Waals surface area contributed by atoms with Gasteiger partial charge in [0.2, 0.25) is 0 Å². The Bertz CT molecular complexity index is 1270. The van der Waals surface area contributed by atoms with Gasteiger partial charge in [-0.3, -0.25) is 25.5 Å². The van der Waals surface area contributed by atoms with Crippen molar-refractivity contribution in [1.29, 1.82) is 0 Å². The fourth-order valence-corrected chi connectivity index (χ4v) is 4.92. The number of amides is 1. The number of hydrogen-bond acceptors (Lipinski definition) is 11. The van der Waals surface area contributed by atoms with E-state index in [1.807, 2.05) is 6.07 Å². The highest BCUT2D eigenvalue weighted by molar-refractivity contribution is 5.89. The summed E-state index contributed by atoms with van der Waals surface area (Å²) < 4.78 is 5.16. The number of rotatable bonds is 7. The second-order valence-electron chi connectivity index (χ2n) is 11.4. The van der Waals surface area contributed by atoms with Crippen LogP contribution in [0, 0.1) is 20.2 Å². The highest BCUT2D eigenvalue weighted by atomic mass is 16.6. The number of nitrogens with zero attached hydrogens (tertiary/aromatic N) is 6. The van der Waals surface area contributed by atoms with Gasteiger partial charge in [0, 0.05) is 75.9 Å². The van der Waals surface area contributed by atoms with E-state index in [0.717, 1.165) is 76.8 Å². The number of carbonyl (C=O) groups is 1. The minimum atomic E-state index is -0.708. The summed E-state index contributed by atoms with van der Waals surface area (Å²) in [6.45, 7) is 18.8. The van der Waals surface area contributed by atoms with Gasteiger partial charge in [0.05, 0.1) is 9.85 Å². The van der Waals surface area contributed by atoms with Crippen LogP contribution in [0.5, 0.6) is 0 Å². The molecule has 2 saturated heterocycles. The summed E-state index contributed by atoms with van der Waals surface area (Å²) in [5.74, 6) is 0. The van der Waals surface area contributed by atoms with Gasteiger partial charge in [-0.2, -0.15) is 0 Å². The number of nitro benzene ring substituents is 2. The molecule has 0 spiro atoms. The van der Waals surface area contributed by atoms with E-state index in [-0.39, 0.29) is 22.7 Å². The van der Waals surface area contributed by atoms with Crippen molar-refractivity contribution in [3.63, 3.8) is 0 Å². The first-order chi connectivity index (χ1) is 20.3. The number of likely N-dealkylation sites (N-methyl/N-ethyl adjacent to an activating group) is 2. The molecule has 0 saturated carbocycles. The molecule has 43 heavy (non-hydrogen) atoms. The topological polar surface area (TPSA) is 164 Å². The molecule has 2 aliphatic rings. The zero-order valence-corrected chi connectivity index (χ0v) is 25.7. The number of hydrogen-bond donors (Lipinski definition) is 2. The summed E-state index contributed by atoms with van der Waals surface area (Å²) in [5, 5.41) is 24.7. The Morgan fingerprint density at radius 3 is 1.67 bits per heavy atom. The molecule has 1 amide bonds. The van der Waals surface area contributed by atoms with Crippen LogP contribution in [-0.4, -0.2) is 96.8 Å². The molecule has 2 aromatic carbocycles. The van der Waals surface area contributed by atoms with Crippen molar-refractivity contribution in [2.24, 2.45) is 0 Å². The Hall–Kier alpha value is -4.17. The zero-order chi connectivity index (χ0) is 31.7. The van der Waals surface area contributed by atoms with Crippen molar-refractivity contribution in [3.05, 3.63) is 56.6 Å². The van der Waals surface area contributed by atoms with Crippen molar-refractivity contribution in [2.75, 3.05) is 86.3 Å². The van der Waals surface area contributed by atoms with Crippen LogP contribution >= 0.6 is 0 Å². The molecule has 14 heteroatoms. The van der Waals surface area contributed by atoms with Gasteiger partial charge < -0.3 is 30.1 Å². The first-order valence-electron chi connectivity index (χ1n) is 14.6. The number of anilines is 4. The molecule has 0 aromatic heterocycles. The SMILES string of the molecule is CCN1CCN(c2ccc(N)c([N+](=O)[O-])c2)CC1.CCN1CCN(c2ccc(NC(=O)OC(C)(C)C)c([N+](=O)[O-])c2)CC1. The third-order valence-electron chi connectivity index (χ3n) is 7.39. The molecule has 2 heterocycles. The third-order valence-corrected chi connectivity index (χ3v) is 7.39. The van der Waals surface area contributed by atoms with Gasteiger partial charge in [-0.05, 0) is 58.1 Å². The lowest BCUT2D eigenvalue weighted by molar-refractivity contribution is -0.384. The molecule has 4 rings (SSSR count). The minimum Gasteiger partial charge on any atom is -0.444 e. The summed E-state index contributed by atoms with van der Waals surface area (Å²) in [6, 6.07) is 9.89. The number of nitrogens with two attached hydrogens (primary N) is 1. The van der Waals surface area contributed by atoms with E-state index in [1.54, 1.807) is 45.0 Å². The molecule has 2 aromatic rings. The van der Waals surface area contributed by atoms with E-state index >= 15 is 0 Å². The van der Waals surface area contributed by atoms with Crippen LogP contribution in [-0.2, 0) is 4.74 Å². The smallest absolute Gasteiger partial charge is 0.412 e. The highest BCUT2D eigenvalue weighted by Crippen LogP contribution is 2.31. The normalized spacial score (nSPS) is 16.2. The van der Waals surface area contributed by atoms with E-state index in [2.05, 4.69) is 38.8 Å². The number of piperazine rings is 2. The summed E-state index contributed by atoms with van der Waals surface area (Å²) in [7, 11) is 0. The van der Waals surface area contributed by atoms with Crippen molar-refractivity contribution in [3.8, 4) is 0 Å². The summed E-state index contributed by atoms with van der Waals surface area (Å²) >= 11 is 0. The van der Waals surface area contributed by atoms with E-state index in [1.165, 1.54) is 6.07 Å². The number of nitro groups is 2. The fourth-order valence-electron chi connectivity index (χ4n) is 4.92. The van der Waals surface area contributed by atoms with E-state index in [4.69, 9.17) is 10.5 Å². The number of nitrogen functional groups attached to an aromatic ring is 1. The van der Waals surface area contributed by atoms with Crippen molar-refractivity contribution in [1.82, 2.24) is 9.80 Å². The molecule has 0 aliphatic carbocycles. The van der Waals surface area contributed by atoms with Gasteiger partial charge in [-0.1, -0.05) is 13.8 Å². The monoisotopic (exact) mass is 600 g/mol. The Morgan fingerprint density at radius 1 is 0.814 bits per heavy atom. The van der Waals surface area contributed by atoms with Gasteiger partial charge in [0.15, 0.2) is 0 Å². The van der Waals surface area contributed by atoms with Crippen molar-refractivity contribution < 1.29 is 19.4 Å². The predicted octanol–water partition coefficient (Wildman–Crippen LogP) is 4.40. The van der Waals surface area contributed by atoms with Crippen molar-refractivity contribution in [2.45, 2.75) is 40.2 Å². The zero-order valence-electron chi connectivity index (χ0n) is 25.7. The van der Waals surface area contributed by atoms with Crippen LogP contribution in [0.3, 0.4) is 0 Å². The van der Waals surface area contributed by atoms with Crippen LogP contribution < -0.4 is 20.9 Å². The third kappa shape index (κ3) is 9.68. The number of benzene rings is 2. The van der Waals surface area contributed by atoms with Crippen molar-refractivity contribution >= 4 is 40.2 Å². The number of nitrogens with one attached hydrogen (secondary N) is 1. The molecular weight excluding hydrogens is 556 g/mol. The summed E-state index contributed by atoms with van der Waals surface area (Å²) in [4.78, 5) is 42.2. The second kappa shape index (κ2) is 14.8. The lowest BCUT2D eigenvalue weighted by Gasteiger charge is -2.35. The molecule has 0 radical (unpaired) electrons. The van der Waals surface area contributed by atoms with Gasteiger partial charge in [-0.25, -0.2) is 4.79 Å². The van der Waals surface area contributed by atoms with Gasteiger partial charge >= 0.3 is 6.09 Å². The minimum absolute atomic E-state index is 0.00887. The Balaban J connectivity index is 0.000000248. The molecule has 2 aliphatic heterocycles. The molecule has 14 nitrogen and oxygen atoms in total. The standard InChI is InChI=1S/C17H26N4O4.C12H18N4O2/c1-5-19-8-10-20(11-9-19)13-6-7-14(15(12-13)21(23)24)18-16(22)25-17(2,3)4;1-2-14-5-7-15(8-6-14)10-3-4-11(13)12(9-10)16(17)18/h6-7,12H,5,8-11H2,1-4H3,(H,18,22);3-4,9H,2,5-8,13H2,1H3. The Kier molecular flexibility index (Phi) is 11.5. The van der Waals surface area contributed by atoms with E-state index in [0.29, 0.717) is 0 Å². The first kappa shape index (κ1) is 33.3. The van der Waals surface area contributed by atoms with E-state index < -0.39 is 21.5 Å². The molecule has 0 atom stereocenters. The maximum Gasteiger partial charge on any atom is 0.412 e. The molecule has 3 N–H and O–H groups in total. The van der Waals surface area contributed by atoms with Gasteiger partial charge in [0.1, 0.15) is 17.0 Å². The quantitative estimate of drug-likeness (QED) is 0.263. The number of ether oxygens (including phenoxy) is 1. The first-order valence-corrected chi connectivity index (χ1v) is 14.6. The summed E-state index contributed by atoms with van der Waals surface area (Å²) in [5.41, 5.74) is 6.80. The fraction of sp³-hybridized carbons (Fsp3) is 0.552. The van der Waals surface area contributed by atoms with E-state index in [9.17, 15) is 25.0 Å². The molecule has 0 unspecified atom stereocenters. The highest BCUT2D eigenvalue weighted by Gasteiger charge is 2.24. The van der Waals surface area contributed by atoms with Gasteiger partial charge in [-0.15, -0.1) is 0 Å².